The highest BCUT2D eigenvalue weighted by atomic mass is 16.2. The Morgan fingerprint density at radius 2 is 1.82 bits per heavy atom. The average Bonchev–Trinajstić information content (AvgIpc) is 2.34. The van der Waals surface area contributed by atoms with Gasteiger partial charge in [0.15, 0.2) is 0 Å². The minimum atomic E-state index is -0.137. The van der Waals surface area contributed by atoms with Gasteiger partial charge in [0.05, 0.1) is 0 Å². The Kier molecular flexibility index (Phi) is 5.16. The molecule has 0 atom stereocenters. The fourth-order valence-electron chi connectivity index (χ4n) is 1.29. The van der Waals surface area contributed by atoms with Crippen molar-refractivity contribution in [3.63, 3.8) is 0 Å². The first kappa shape index (κ1) is 13.2. The van der Waals surface area contributed by atoms with Gasteiger partial charge in [0.1, 0.15) is 0 Å². The Morgan fingerprint density at radius 3 is 2.35 bits per heavy atom. The van der Waals surface area contributed by atoms with Crippen LogP contribution in [-0.2, 0) is 11.3 Å². The summed E-state index contributed by atoms with van der Waals surface area (Å²) in [7, 11) is 0. The van der Waals surface area contributed by atoms with Gasteiger partial charge in [0, 0.05) is 32.1 Å². The summed E-state index contributed by atoms with van der Waals surface area (Å²) in [6, 6.07) is 7.08. The van der Waals surface area contributed by atoms with Gasteiger partial charge < -0.3 is 16.4 Å². The molecule has 0 radical (unpaired) electrons. The number of nitrogens with one attached hydrogen (secondary N) is 2. The summed E-state index contributed by atoms with van der Waals surface area (Å²) in [6.07, 6.45) is 0. The predicted molar refractivity (Wildman–Crippen MR) is 65.4 cm³/mol. The number of hydrogen-bond acceptors (Lipinski definition) is 3. The lowest BCUT2D eigenvalue weighted by molar-refractivity contribution is -0.119. The van der Waals surface area contributed by atoms with Crippen molar-refractivity contribution < 1.29 is 9.59 Å². The Balaban J connectivity index is 2.55. The van der Waals surface area contributed by atoms with Gasteiger partial charge in [-0.2, -0.15) is 0 Å². The fourth-order valence-corrected chi connectivity index (χ4v) is 1.29. The minimum Gasteiger partial charge on any atom is -0.352 e. The van der Waals surface area contributed by atoms with Gasteiger partial charge in [-0.15, -0.1) is 0 Å². The summed E-state index contributed by atoms with van der Waals surface area (Å²) in [5.41, 5.74) is 6.83. The lowest BCUT2D eigenvalue weighted by atomic mass is 10.1. The van der Waals surface area contributed by atoms with E-state index in [0.717, 1.165) is 5.56 Å². The van der Waals surface area contributed by atoms with Crippen LogP contribution in [0.1, 0.15) is 22.8 Å². The molecule has 5 heteroatoms. The van der Waals surface area contributed by atoms with Crippen LogP contribution >= 0.6 is 0 Å². The summed E-state index contributed by atoms with van der Waals surface area (Å²) >= 11 is 0. The number of nitrogens with two attached hydrogens (primary N) is 1. The zero-order valence-corrected chi connectivity index (χ0v) is 9.82. The Morgan fingerprint density at radius 1 is 1.18 bits per heavy atom. The third-order valence-corrected chi connectivity index (χ3v) is 2.19. The van der Waals surface area contributed by atoms with Gasteiger partial charge in [0.25, 0.3) is 5.91 Å². The van der Waals surface area contributed by atoms with E-state index in [-0.39, 0.29) is 11.8 Å². The first-order valence-corrected chi connectivity index (χ1v) is 5.45. The first-order valence-electron chi connectivity index (χ1n) is 5.45. The highest BCUT2D eigenvalue weighted by Gasteiger charge is 2.03. The summed E-state index contributed by atoms with van der Waals surface area (Å²) in [5.74, 6) is -0.212. The quantitative estimate of drug-likeness (QED) is 0.672. The smallest absolute Gasteiger partial charge is 0.251 e. The predicted octanol–water partition coefficient (Wildman–Crippen LogP) is 0.0112. The molecule has 5 nitrogen and oxygen atoms in total. The van der Waals surface area contributed by atoms with E-state index >= 15 is 0 Å². The SMILES string of the molecule is CC(=O)NCc1ccc(C(=O)NCCN)cc1. The van der Waals surface area contributed by atoms with Gasteiger partial charge >= 0.3 is 0 Å². The fraction of sp³-hybridized carbons (Fsp3) is 0.333. The van der Waals surface area contributed by atoms with Crippen molar-refractivity contribution >= 4 is 11.8 Å². The number of hydrogen-bond donors (Lipinski definition) is 3. The third kappa shape index (κ3) is 4.65. The summed E-state index contributed by atoms with van der Waals surface area (Å²) in [5, 5.41) is 5.37. The highest BCUT2D eigenvalue weighted by molar-refractivity contribution is 5.94. The average molecular weight is 235 g/mol. The molecular formula is C12H17N3O2. The molecule has 0 heterocycles. The van der Waals surface area contributed by atoms with Gasteiger partial charge in [-0.25, -0.2) is 0 Å². The van der Waals surface area contributed by atoms with Gasteiger partial charge in [-0.1, -0.05) is 12.1 Å². The number of carbonyl (C=O) groups excluding carboxylic acids is 2. The van der Waals surface area contributed by atoms with Gasteiger partial charge in [-0.3, -0.25) is 9.59 Å². The number of carbonyl (C=O) groups is 2. The normalized spacial score (nSPS) is 9.76. The largest absolute Gasteiger partial charge is 0.352 e. The monoisotopic (exact) mass is 235 g/mol. The van der Waals surface area contributed by atoms with E-state index in [1.165, 1.54) is 6.92 Å². The Bertz CT molecular complexity index is 387. The molecule has 0 saturated heterocycles. The van der Waals surface area contributed by atoms with E-state index in [4.69, 9.17) is 5.73 Å². The maximum Gasteiger partial charge on any atom is 0.251 e. The number of amides is 2. The van der Waals surface area contributed by atoms with Crippen molar-refractivity contribution in [3.8, 4) is 0 Å². The van der Waals surface area contributed by atoms with E-state index < -0.39 is 0 Å². The number of rotatable bonds is 5. The third-order valence-electron chi connectivity index (χ3n) is 2.19. The maximum atomic E-state index is 11.5. The molecule has 1 aromatic rings. The van der Waals surface area contributed by atoms with Crippen molar-refractivity contribution in [1.29, 1.82) is 0 Å². The molecule has 1 rings (SSSR count). The molecule has 0 aliphatic heterocycles. The van der Waals surface area contributed by atoms with Crippen molar-refractivity contribution in [2.45, 2.75) is 13.5 Å². The van der Waals surface area contributed by atoms with Crippen LogP contribution in [0.25, 0.3) is 0 Å². The molecule has 92 valence electrons. The molecule has 0 fully saturated rings. The van der Waals surface area contributed by atoms with Crippen molar-refractivity contribution in [1.82, 2.24) is 10.6 Å². The van der Waals surface area contributed by atoms with Gasteiger partial charge in [0.2, 0.25) is 5.91 Å². The van der Waals surface area contributed by atoms with E-state index in [1.54, 1.807) is 12.1 Å². The minimum absolute atomic E-state index is 0.0743. The Hall–Kier alpha value is -1.88. The molecule has 2 amide bonds. The van der Waals surface area contributed by atoms with Crippen LogP contribution < -0.4 is 16.4 Å². The van der Waals surface area contributed by atoms with Crippen molar-refractivity contribution in [3.05, 3.63) is 35.4 Å². The molecule has 0 unspecified atom stereocenters. The van der Waals surface area contributed by atoms with Crippen molar-refractivity contribution in [2.75, 3.05) is 13.1 Å². The second-order valence-corrected chi connectivity index (χ2v) is 3.65. The van der Waals surface area contributed by atoms with Crippen LogP contribution in [-0.4, -0.2) is 24.9 Å². The summed E-state index contributed by atoms with van der Waals surface area (Å²) in [6.45, 7) is 2.83. The van der Waals surface area contributed by atoms with Crippen LogP contribution in [0.5, 0.6) is 0 Å². The molecule has 0 bridgehead atoms. The van der Waals surface area contributed by atoms with Crippen LogP contribution in [0, 0.1) is 0 Å². The molecule has 1 aromatic carbocycles. The molecule has 0 spiro atoms. The van der Waals surface area contributed by atoms with Gasteiger partial charge in [-0.05, 0) is 17.7 Å². The Labute approximate surface area is 100 Å². The second kappa shape index (κ2) is 6.65. The molecule has 4 N–H and O–H groups in total. The second-order valence-electron chi connectivity index (χ2n) is 3.65. The van der Waals surface area contributed by atoms with Crippen LogP contribution in [0.2, 0.25) is 0 Å². The van der Waals surface area contributed by atoms with E-state index in [2.05, 4.69) is 10.6 Å². The van der Waals surface area contributed by atoms with Crippen LogP contribution in [0.3, 0.4) is 0 Å². The van der Waals surface area contributed by atoms with E-state index in [0.29, 0.717) is 25.2 Å². The summed E-state index contributed by atoms with van der Waals surface area (Å²) in [4.78, 5) is 22.3. The maximum absolute atomic E-state index is 11.5. The molecule has 17 heavy (non-hydrogen) atoms. The zero-order valence-electron chi connectivity index (χ0n) is 9.82. The molecule has 0 aromatic heterocycles. The van der Waals surface area contributed by atoms with Crippen molar-refractivity contribution in [2.24, 2.45) is 5.73 Å². The lowest BCUT2D eigenvalue weighted by Crippen LogP contribution is -2.29. The zero-order chi connectivity index (χ0) is 12.7. The lowest BCUT2D eigenvalue weighted by Gasteiger charge is -2.05. The van der Waals surface area contributed by atoms with E-state index in [1.807, 2.05) is 12.1 Å². The topological polar surface area (TPSA) is 84.2 Å². The molecule has 0 aliphatic rings. The van der Waals surface area contributed by atoms with Crippen LogP contribution in [0.4, 0.5) is 0 Å². The van der Waals surface area contributed by atoms with E-state index in [9.17, 15) is 9.59 Å². The summed E-state index contributed by atoms with van der Waals surface area (Å²) < 4.78 is 0. The molecule has 0 saturated carbocycles. The van der Waals surface area contributed by atoms with Crippen LogP contribution in [0.15, 0.2) is 24.3 Å². The molecular weight excluding hydrogens is 218 g/mol. The molecule has 0 aliphatic carbocycles. The highest BCUT2D eigenvalue weighted by Crippen LogP contribution is 2.04. The first-order chi connectivity index (χ1) is 8.13. The number of benzene rings is 1. The standard InChI is InChI=1S/C12H17N3O2/c1-9(16)15-8-10-2-4-11(5-3-10)12(17)14-7-6-13/h2-5H,6-8,13H2,1H3,(H,14,17)(H,15,16).